The van der Waals surface area contributed by atoms with Crippen molar-refractivity contribution in [3.63, 3.8) is 0 Å². The standard InChI is InChI=1S/C12H24N2O/c1-13-8-4-5-10(13)9-14(2)11-6-3-7-12(11)15/h10-12,15H,3-9H2,1-2H3/t10?,11-,12-/m0/s1. The van der Waals surface area contributed by atoms with Crippen LogP contribution in [0.4, 0.5) is 0 Å². The second kappa shape index (κ2) is 4.81. The van der Waals surface area contributed by atoms with Gasteiger partial charge >= 0.3 is 0 Å². The molecule has 1 aliphatic heterocycles. The molecule has 1 heterocycles. The zero-order chi connectivity index (χ0) is 10.8. The Morgan fingerprint density at radius 2 is 2.07 bits per heavy atom. The van der Waals surface area contributed by atoms with Crippen LogP contribution in [0.2, 0.25) is 0 Å². The lowest BCUT2D eigenvalue weighted by molar-refractivity contribution is 0.0732. The third kappa shape index (κ3) is 2.52. The van der Waals surface area contributed by atoms with Gasteiger partial charge in [-0.2, -0.15) is 0 Å². The van der Waals surface area contributed by atoms with Gasteiger partial charge in [-0.1, -0.05) is 0 Å². The maximum absolute atomic E-state index is 9.84. The molecule has 2 rings (SSSR count). The third-order valence-corrected chi connectivity index (χ3v) is 4.18. The normalized spacial score (nSPS) is 38.0. The van der Waals surface area contributed by atoms with E-state index in [1.54, 1.807) is 0 Å². The summed E-state index contributed by atoms with van der Waals surface area (Å²) in [7, 11) is 4.39. The van der Waals surface area contributed by atoms with Crippen LogP contribution in [0.15, 0.2) is 0 Å². The number of aliphatic hydroxyl groups excluding tert-OH is 1. The maximum Gasteiger partial charge on any atom is 0.0695 e. The predicted molar refractivity (Wildman–Crippen MR) is 61.9 cm³/mol. The number of likely N-dealkylation sites (tertiary alicyclic amines) is 1. The zero-order valence-corrected chi connectivity index (χ0v) is 10.0. The van der Waals surface area contributed by atoms with Gasteiger partial charge in [0, 0.05) is 18.6 Å². The molecule has 1 aliphatic carbocycles. The van der Waals surface area contributed by atoms with Gasteiger partial charge in [-0.3, -0.25) is 4.90 Å². The van der Waals surface area contributed by atoms with Gasteiger partial charge in [0.05, 0.1) is 6.10 Å². The Labute approximate surface area is 93.1 Å². The van der Waals surface area contributed by atoms with E-state index in [4.69, 9.17) is 0 Å². The summed E-state index contributed by atoms with van der Waals surface area (Å²) in [5, 5.41) is 9.84. The van der Waals surface area contributed by atoms with E-state index in [2.05, 4.69) is 23.9 Å². The number of rotatable bonds is 3. The molecule has 0 aromatic heterocycles. The fourth-order valence-electron chi connectivity index (χ4n) is 3.11. The average molecular weight is 212 g/mol. The van der Waals surface area contributed by atoms with Crippen LogP contribution in [0.25, 0.3) is 0 Å². The topological polar surface area (TPSA) is 26.7 Å². The molecule has 3 nitrogen and oxygen atoms in total. The maximum atomic E-state index is 9.84. The second-order valence-electron chi connectivity index (χ2n) is 5.28. The van der Waals surface area contributed by atoms with Crippen molar-refractivity contribution in [3.8, 4) is 0 Å². The Morgan fingerprint density at radius 3 is 2.60 bits per heavy atom. The lowest BCUT2D eigenvalue weighted by atomic mass is 10.1. The summed E-state index contributed by atoms with van der Waals surface area (Å²) in [5.74, 6) is 0. The molecule has 1 N–H and O–H groups in total. The first-order valence-corrected chi connectivity index (χ1v) is 6.27. The van der Waals surface area contributed by atoms with Gasteiger partial charge in [0.15, 0.2) is 0 Å². The SMILES string of the molecule is CN1CCCC1CN(C)[C@H]1CCC[C@@H]1O. The molecule has 0 aromatic rings. The molecular weight excluding hydrogens is 188 g/mol. The minimum absolute atomic E-state index is 0.0818. The minimum Gasteiger partial charge on any atom is -0.391 e. The van der Waals surface area contributed by atoms with E-state index in [1.165, 1.54) is 32.2 Å². The van der Waals surface area contributed by atoms with Crippen LogP contribution in [0.5, 0.6) is 0 Å². The molecule has 1 saturated carbocycles. The molecule has 1 saturated heterocycles. The van der Waals surface area contributed by atoms with Crippen molar-refractivity contribution >= 4 is 0 Å². The van der Waals surface area contributed by atoms with Crippen molar-refractivity contribution in [2.75, 3.05) is 27.2 Å². The Balaban J connectivity index is 1.83. The van der Waals surface area contributed by atoms with Crippen molar-refractivity contribution in [1.29, 1.82) is 0 Å². The summed E-state index contributed by atoms with van der Waals surface area (Å²) < 4.78 is 0. The van der Waals surface area contributed by atoms with Crippen molar-refractivity contribution in [2.45, 2.75) is 50.3 Å². The first kappa shape index (κ1) is 11.4. The number of likely N-dealkylation sites (N-methyl/N-ethyl adjacent to an activating group) is 2. The molecule has 0 radical (unpaired) electrons. The van der Waals surface area contributed by atoms with Crippen LogP contribution in [-0.4, -0.2) is 60.3 Å². The second-order valence-corrected chi connectivity index (χ2v) is 5.28. The number of aliphatic hydroxyl groups is 1. The van der Waals surface area contributed by atoms with E-state index < -0.39 is 0 Å². The highest BCUT2D eigenvalue weighted by Gasteiger charge is 2.31. The van der Waals surface area contributed by atoms with E-state index in [0.717, 1.165) is 13.0 Å². The van der Waals surface area contributed by atoms with Gasteiger partial charge in [-0.25, -0.2) is 0 Å². The molecule has 2 aliphatic rings. The number of nitrogens with zero attached hydrogens (tertiary/aromatic N) is 2. The minimum atomic E-state index is -0.0818. The zero-order valence-electron chi connectivity index (χ0n) is 10.0. The highest BCUT2D eigenvalue weighted by atomic mass is 16.3. The van der Waals surface area contributed by atoms with Crippen LogP contribution in [0.3, 0.4) is 0 Å². The summed E-state index contributed by atoms with van der Waals surface area (Å²) in [6, 6.07) is 1.13. The Kier molecular flexibility index (Phi) is 3.65. The monoisotopic (exact) mass is 212 g/mol. The van der Waals surface area contributed by atoms with Crippen molar-refractivity contribution in [3.05, 3.63) is 0 Å². The average Bonchev–Trinajstić information content (AvgIpc) is 2.76. The smallest absolute Gasteiger partial charge is 0.0695 e. The van der Waals surface area contributed by atoms with Crippen LogP contribution < -0.4 is 0 Å². The van der Waals surface area contributed by atoms with E-state index in [9.17, 15) is 5.11 Å². The molecule has 2 fully saturated rings. The number of hydrogen-bond acceptors (Lipinski definition) is 3. The van der Waals surface area contributed by atoms with Crippen LogP contribution >= 0.6 is 0 Å². The molecule has 3 heteroatoms. The molecule has 0 amide bonds. The van der Waals surface area contributed by atoms with Gasteiger partial charge in [0.25, 0.3) is 0 Å². The Morgan fingerprint density at radius 1 is 1.27 bits per heavy atom. The fourth-order valence-corrected chi connectivity index (χ4v) is 3.11. The Bertz CT molecular complexity index is 210. The van der Waals surface area contributed by atoms with E-state index in [-0.39, 0.29) is 6.10 Å². The molecule has 88 valence electrons. The molecule has 15 heavy (non-hydrogen) atoms. The molecule has 1 unspecified atom stereocenters. The molecule has 0 aromatic carbocycles. The van der Waals surface area contributed by atoms with Gasteiger partial charge in [0.1, 0.15) is 0 Å². The van der Waals surface area contributed by atoms with Gasteiger partial charge in [-0.05, 0) is 52.7 Å². The lowest BCUT2D eigenvalue weighted by Crippen LogP contribution is -2.44. The van der Waals surface area contributed by atoms with E-state index in [0.29, 0.717) is 12.1 Å². The van der Waals surface area contributed by atoms with Gasteiger partial charge in [-0.15, -0.1) is 0 Å². The van der Waals surface area contributed by atoms with Crippen molar-refractivity contribution in [2.24, 2.45) is 0 Å². The summed E-state index contributed by atoms with van der Waals surface area (Å²) in [5.41, 5.74) is 0. The molecular formula is C12H24N2O. The van der Waals surface area contributed by atoms with Gasteiger partial charge in [0.2, 0.25) is 0 Å². The Hall–Kier alpha value is -0.120. The first-order valence-electron chi connectivity index (χ1n) is 6.27. The van der Waals surface area contributed by atoms with E-state index >= 15 is 0 Å². The highest BCUT2D eigenvalue weighted by Crippen LogP contribution is 2.25. The van der Waals surface area contributed by atoms with Crippen LogP contribution in [0.1, 0.15) is 32.1 Å². The summed E-state index contributed by atoms with van der Waals surface area (Å²) in [6.07, 6.45) is 5.94. The quantitative estimate of drug-likeness (QED) is 0.754. The van der Waals surface area contributed by atoms with Crippen LogP contribution in [0, 0.1) is 0 Å². The fraction of sp³-hybridized carbons (Fsp3) is 1.00. The van der Waals surface area contributed by atoms with Crippen LogP contribution in [-0.2, 0) is 0 Å². The lowest BCUT2D eigenvalue weighted by Gasteiger charge is -2.31. The van der Waals surface area contributed by atoms with Gasteiger partial charge < -0.3 is 10.0 Å². The summed E-state index contributed by atoms with van der Waals surface area (Å²) in [4.78, 5) is 4.84. The highest BCUT2D eigenvalue weighted by molar-refractivity contribution is 4.87. The number of hydrogen-bond donors (Lipinski definition) is 1. The van der Waals surface area contributed by atoms with Crippen molar-refractivity contribution < 1.29 is 5.11 Å². The predicted octanol–water partition coefficient (Wildman–Crippen LogP) is 0.926. The van der Waals surface area contributed by atoms with E-state index in [1.807, 2.05) is 0 Å². The first-order chi connectivity index (χ1) is 7.18. The molecule has 0 bridgehead atoms. The van der Waals surface area contributed by atoms with Crippen molar-refractivity contribution in [1.82, 2.24) is 9.80 Å². The third-order valence-electron chi connectivity index (χ3n) is 4.18. The summed E-state index contributed by atoms with van der Waals surface area (Å²) in [6.45, 7) is 2.37. The molecule has 3 atom stereocenters. The molecule has 0 spiro atoms. The summed E-state index contributed by atoms with van der Waals surface area (Å²) >= 11 is 0. The largest absolute Gasteiger partial charge is 0.391 e.